The van der Waals surface area contributed by atoms with Crippen molar-refractivity contribution in [2.45, 2.75) is 12.7 Å². The van der Waals surface area contributed by atoms with Crippen LogP contribution in [0.4, 0.5) is 5.69 Å². The quantitative estimate of drug-likeness (QED) is 0.794. The van der Waals surface area contributed by atoms with Gasteiger partial charge in [0.15, 0.2) is 6.17 Å². The lowest BCUT2D eigenvalue weighted by Gasteiger charge is -2.36. The fourth-order valence-electron chi connectivity index (χ4n) is 2.91. The van der Waals surface area contributed by atoms with Crippen molar-refractivity contribution in [3.63, 3.8) is 0 Å². The van der Waals surface area contributed by atoms with Crippen LogP contribution in [-0.2, 0) is 6.54 Å². The van der Waals surface area contributed by atoms with E-state index in [-0.39, 0.29) is 12.1 Å². The average molecular weight is 304 g/mol. The Bertz CT molecular complexity index is 812. The normalized spacial score (nSPS) is 16.8. The van der Waals surface area contributed by atoms with E-state index in [2.05, 4.69) is 5.32 Å². The van der Waals surface area contributed by atoms with Gasteiger partial charge in [-0.25, -0.2) is 0 Å². The SMILES string of the molecule is O=C1c2ccccc2N[C@H](c2ccco2)N1Cc1ccccc1. The standard InChI is InChI=1S/C19H16N2O2/c22-19-15-9-4-5-10-16(15)20-18(17-11-6-12-23-17)21(19)13-14-7-2-1-3-8-14/h1-12,18,20H,13H2/t18-/m0/s1. The highest BCUT2D eigenvalue weighted by Crippen LogP contribution is 2.34. The van der Waals surface area contributed by atoms with E-state index in [4.69, 9.17) is 4.42 Å². The molecule has 4 rings (SSSR count). The number of furan rings is 1. The summed E-state index contributed by atoms with van der Waals surface area (Å²) in [5, 5.41) is 3.41. The predicted octanol–water partition coefficient (Wildman–Crippen LogP) is 4.05. The molecule has 0 radical (unpaired) electrons. The number of rotatable bonds is 3. The van der Waals surface area contributed by atoms with Gasteiger partial charge in [0.25, 0.3) is 5.91 Å². The van der Waals surface area contributed by atoms with Gasteiger partial charge in [0.05, 0.1) is 11.8 Å². The highest BCUT2D eigenvalue weighted by molar-refractivity contribution is 6.01. The molecule has 1 aliphatic heterocycles. The molecule has 1 amide bonds. The maximum absolute atomic E-state index is 13.0. The first-order valence-corrected chi connectivity index (χ1v) is 7.57. The van der Waals surface area contributed by atoms with Gasteiger partial charge in [-0.3, -0.25) is 4.79 Å². The summed E-state index contributed by atoms with van der Waals surface area (Å²) in [6, 6.07) is 21.3. The van der Waals surface area contributed by atoms with E-state index >= 15 is 0 Å². The minimum Gasteiger partial charge on any atom is -0.465 e. The lowest BCUT2D eigenvalue weighted by atomic mass is 10.1. The van der Waals surface area contributed by atoms with Gasteiger partial charge < -0.3 is 14.6 Å². The zero-order valence-corrected chi connectivity index (χ0v) is 12.5. The molecule has 0 fully saturated rings. The van der Waals surface area contributed by atoms with Gasteiger partial charge in [-0.05, 0) is 29.8 Å². The first-order chi connectivity index (χ1) is 11.3. The Morgan fingerprint density at radius 2 is 1.74 bits per heavy atom. The predicted molar refractivity (Wildman–Crippen MR) is 87.8 cm³/mol. The molecule has 0 saturated carbocycles. The Balaban J connectivity index is 1.75. The number of fused-ring (bicyclic) bond motifs is 1. The fourth-order valence-corrected chi connectivity index (χ4v) is 2.91. The zero-order valence-electron chi connectivity index (χ0n) is 12.5. The van der Waals surface area contributed by atoms with E-state index in [1.807, 2.05) is 66.7 Å². The molecular formula is C19H16N2O2. The summed E-state index contributed by atoms with van der Waals surface area (Å²) in [5.41, 5.74) is 2.60. The largest absolute Gasteiger partial charge is 0.465 e. The highest BCUT2D eigenvalue weighted by Gasteiger charge is 2.34. The number of nitrogens with zero attached hydrogens (tertiary/aromatic N) is 1. The smallest absolute Gasteiger partial charge is 0.258 e. The van der Waals surface area contributed by atoms with Gasteiger partial charge in [-0.15, -0.1) is 0 Å². The van der Waals surface area contributed by atoms with E-state index in [1.165, 1.54) is 0 Å². The van der Waals surface area contributed by atoms with Crippen LogP contribution in [0.25, 0.3) is 0 Å². The molecule has 1 N–H and O–H groups in total. The van der Waals surface area contributed by atoms with Gasteiger partial charge >= 0.3 is 0 Å². The molecular weight excluding hydrogens is 288 g/mol. The topological polar surface area (TPSA) is 45.5 Å². The molecule has 0 aliphatic carbocycles. The van der Waals surface area contributed by atoms with Crippen LogP contribution in [0.2, 0.25) is 0 Å². The van der Waals surface area contributed by atoms with Gasteiger partial charge in [0.2, 0.25) is 0 Å². The van der Waals surface area contributed by atoms with E-state index in [0.29, 0.717) is 12.1 Å². The number of anilines is 1. The Kier molecular flexibility index (Phi) is 3.35. The zero-order chi connectivity index (χ0) is 15.6. The number of nitrogens with one attached hydrogen (secondary N) is 1. The van der Waals surface area contributed by atoms with Crippen LogP contribution in [0.3, 0.4) is 0 Å². The van der Waals surface area contributed by atoms with Gasteiger partial charge in [0, 0.05) is 12.2 Å². The third kappa shape index (κ3) is 2.48. The van der Waals surface area contributed by atoms with Crippen molar-refractivity contribution >= 4 is 11.6 Å². The summed E-state index contributed by atoms with van der Waals surface area (Å²) in [6.07, 6.45) is 1.32. The number of carbonyl (C=O) groups is 1. The first kappa shape index (κ1) is 13.6. The number of amides is 1. The van der Waals surface area contributed by atoms with Gasteiger partial charge in [-0.1, -0.05) is 42.5 Å². The lowest BCUT2D eigenvalue weighted by Crippen LogP contribution is -2.42. The minimum atomic E-state index is -0.312. The third-order valence-electron chi connectivity index (χ3n) is 4.03. The van der Waals surface area contributed by atoms with Crippen LogP contribution in [-0.4, -0.2) is 10.8 Å². The number of para-hydroxylation sites is 1. The van der Waals surface area contributed by atoms with E-state index in [9.17, 15) is 4.79 Å². The summed E-state index contributed by atoms with van der Waals surface area (Å²) in [6.45, 7) is 0.520. The van der Waals surface area contributed by atoms with Crippen molar-refractivity contribution in [3.05, 3.63) is 89.9 Å². The second-order valence-corrected chi connectivity index (χ2v) is 5.53. The molecule has 0 spiro atoms. The second-order valence-electron chi connectivity index (χ2n) is 5.53. The fraction of sp³-hybridized carbons (Fsp3) is 0.105. The molecule has 23 heavy (non-hydrogen) atoms. The molecule has 1 aliphatic rings. The molecule has 0 unspecified atom stereocenters. The molecule has 2 heterocycles. The second kappa shape index (κ2) is 5.65. The minimum absolute atomic E-state index is 0.00426. The van der Waals surface area contributed by atoms with Crippen LogP contribution in [0.1, 0.15) is 27.8 Å². The van der Waals surface area contributed by atoms with Crippen LogP contribution in [0.15, 0.2) is 77.4 Å². The Morgan fingerprint density at radius 3 is 2.52 bits per heavy atom. The Labute approximate surface area is 134 Å². The van der Waals surface area contributed by atoms with Crippen LogP contribution >= 0.6 is 0 Å². The Hall–Kier alpha value is -3.01. The number of benzene rings is 2. The molecule has 4 heteroatoms. The molecule has 1 atom stereocenters. The molecule has 2 aromatic carbocycles. The van der Waals surface area contributed by atoms with Gasteiger partial charge in [-0.2, -0.15) is 0 Å². The van der Waals surface area contributed by atoms with Crippen LogP contribution < -0.4 is 5.32 Å². The summed E-state index contributed by atoms with van der Waals surface area (Å²) < 4.78 is 5.55. The van der Waals surface area contributed by atoms with E-state index in [1.54, 1.807) is 11.2 Å². The van der Waals surface area contributed by atoms with Crippen molar-refractivity contribution in [2.75, 3.05) is 5.32 Å². The van der Waals surface area contributed by atoms with Crippen molar-refractivity contribution in [1.82, 2.24) is 4.90 Å². The first-order valence-electron chi connectivity index (χ1n) is 7.57. The molecule has 4 nitrogen and oxygen atoms in total. The molecule has 3 aromatic rings. The molecule has 0 bridgehead atoms. The van der Waals surface area contributed by atoms with Crippen molar-refractivity contribution in [3.8, 4) is 0 Å². The van der Waals surface area contributed by atoms with E-state index < -0.39 is 0 Å². The maximum Gasteiger partial charge on any atom is 0.258 e. The number of carbonyl (C=O) groups excluding carboxylic acids is 1. The molecule has 1 aromatic heterocycles. The Morgan fingerprint density at radius 1 is 0.957 bits per heavy atom. The number of hydrogen-bond donors (Lipinski definition) is 1. The average Bonchev–Trinajstić information content (AvgIpc) is 3.13. The lowest BCUT2D eigenvalue weighted by molar-refractivity contribution is 0.0645. The van der Waals surface area contributed by atoms with Gasteiger partial charge in [0.1, 0.15) is 5.76 Å². The third-order valence-corrected chi connectivity index (χ3v) is 4.03. The maximum atomic E-state index is 13.0. The van der Waals surface area contributed by atoms with Crippen LogP contribution in [0.5, 0.6) is 0 Å². The van der Waals surface area contributed by atoms with Crippen molar-refractivity contribution < 1.29 is 9.21 Å². The summed E-state index contributed by atoms with van der Waals surface area (Å²) in [5.74, 6) is 0.730. The number of hydrogen-bond acceptors (Lipinski definition) is 3. The molecule has 0 saturated heterocycles. The van der Waals surface area contributed by atoms with E-state index in [0.717, 1.165) is 17.0 Å². The van der Waals surface area contributed by atoms with Crippen molar-refractivity contribution in [2.24, 2.45) is 0 Å². The summed E-state index contributed by atoms with van der Waals surface area (Å²) >= 11 is 0. The highest BCUT2D eigenvalue weighted by atomic mass is 16.3. The van der Waals surface area contributed by atoms with Crippen molar-refractivity contribution in [1.29, 1.82) is 0 Å². The summed E-state index contributed by atoms with van der Waals surface area (Å²) in [7, 11) is 0. The van der Waals surface area contributed by atoms with Crippen LogP contribution in [0, 0.1) is 0 Å². The monoisotopic (exact) mass is 304 g/mol. The summed E-state index contributed by atoms with van der Waals surface area (Å²) in [4.78, 5) is 14.8. The molecule has 114 valence electrons.